The molecule has 1 aliphatic rings. The molecule has 0 aromatic heterocycles. The second kappa shape index (κ2) is 6.81. The number of thiocarbonyl (C=S) groups is 1. The molecule has 1 fully saturated rings. The summed E-state index contributed by atoms with van der Waals surface area (Å²) in [4.78, 5) is 14.7. The van der Waals surface area contributed by atoms with E-state index in [9.17, 15) is 4.79 Å². The normalized spacial score (nSPS) is 19.6. The zero-order chi connectivity index (χ0) is 14.5. The highest BCUT2D eigenvalue weighted by Gasteiger charge is 2.26. The summed E-state index contributed by atoms with van der Waals surface area (Å²) in [5, 5.41) is 2.92. The van der Waals surface area contributed by atoms with Crippen molar-refractivity contribution in [2.45, 2.75) is 32.2 Å². The van der Waals surface area contributed by atoms with Crippen molar-refractivity contribution < 1.29 is 4.79 Å². The Morgan fingerprint density at radius 1 is 1.50 bits per heavy atom. The summed E-state index contributed by atoms with van der Waals surface area (Å²) >= 11 is 5.10. The lowest BCUT2D eigenvalue weighted by molar-refractivity contribution is -0.117. The van der Waals surface area contributed by atoms with Gasteiger partial charge in [0.05, 0.1) is 17.6 Å². The summed E-state index contributed by atoms with van der Waals surface area (Å²) in [6, 6.07) is 7.85. The quantitative estimate of drug-likeness (QED) is 0.834. The number of piperidine rings is 1. The number of rotatable bonds is 4. The summed E-state index contributed by atoms with van der Waals surface area (Å²) < 4.78 is 0. The average Bonchev–Trinajstić information content (AvgIpc) is 2.38. The number of amides is 1. The van der Waals surface area contributed by atoms with Gasteiger partial charge in [-0.1, -0.05) is 30.8 Å². The molecule has 1 aromatic rings. The van der Waals surface area contributed by atoms with E-state index in [1.165, 1.54) is 0 Å². The number of benzene rings is 1. The standard InChI is InChI=1S/C15H21N3OS/c1-11-5-4-6-12(9-11)17-14(19)10-18-8-3-2-7-13(18)15(16)20/h4-6,9,13H,2-3,7-8,10H2,1H3,(H2,16,20)(H,17,19). The molecule has 1 aliphatic heterocycles. The highest BCUT2D eigenvalue weighted by atomic mass is 32.1. The maximum Gasteiger partial charge on any atom is 0.238 e. The molecule has 0 spiro atoms. The van der Waals surface area contributed by atoms with Crippen LogP contribution in [0.3, 0.4) is 0 Å². The Morgan fingerprint density at radius 3 is 3.00 bits per heavy atom. The van der Waals surface area contributed by atoms with Crippen LogP contribution in [0.4, 0.5) is 5.69 Å². The number of hydrogen-bond donors (Lipinski definition) is 2. The van der Waals surface area contributed by atoms with E-state index in [2.05, 4.69) is 10.2 Å². The van der Waals surface area contributed by atoms with E-state index < -0.39 is 0 Å². The fourth-order valence-corrected chi connectivity index (χ4v) is 2.88. The van der Waals surface area contributed by atoms with Crippen LogP contribution >= 0.6 is 12.2 Å². The molecule has 20 heavy (non-hydrogen) atoms. The van der Waals surface area contributed by atoms with Gasteiger partial charge in [-0.3, -0.25) is 9.69 Å². The molecule has 0 bridgehead atoms. The number of nitrogens with zero attached hydrogens (tertiary/aromatic N) is 1. The van der Waals surface area contributed by atoms with Crippen molar-refractivity contribution in [1.82, 2.24) is 4.90 Å². The van der Waals surface area contributed by atoms with E-state index in [4.69, 9.17) is 18.0 Å². The van der Waals surface area contributed by atoms with Gasteiger partial charge in [0, 0.05) is 5.69 Å². The number of nitrogens with two attached hydrogens (primary N) is 1. The summed E-state index contributed by atoms with van der Waals surface area (Å²) in [5.74, 6) is -0.0150. The SMILES string of the molecule is Cc1cccc(NC(=O)CN2CCCCC2C(N)=S)c1. The third-order valence-electron chi connectivity index (χ3n) is 3.59. The molecule has 1 atom stereocenters. The van der Waals surface area contributed by atoms with Gasteiger partial charge >= 0.3 is 0 Å². The minimum absolute atomic E-state index is 0.0150. The van der Waals surface area contributed by atoms with Crippen molar-refractivity contribution in [2.75, 3.05) is 18.4 Å². The first-order valence-corrected chi connectivity index (χ1v) is 7.37. The van der Waals surface area contributed by atoms with Crippen LogP contribution in [0.15, 0.2) is 24.3 Å². The molecule has 108 valence electrons. The number of likely N-dealkylation sites (tertiary alicyclic amines) is 1. The molecule has 0 radical (unpaired) electrons. The van der Waals surface area contributed by atoms with Crippen LogP contribution in [-0.4, -0.2) is 34.9 Å². The Hall–Kier alpha value is -1.46. The minimum Gasteiger partial charge on any atom is -0.392 e. The predicted molar refractivity (Wildman–Crippen MR) is 85.8 cm³/mol. The summed E-state index contributed by atoms with van der Waals surface area (Å²) in [6.45, 7) is 3.22. The van der Waals surface area contributed by atoms with Gasteiger partial charge in [0.25, 0.3) is 0 Å². The molecule has 3 N–H and O–H groups in total. The van der Waals surface area contributed by atoms with Gasteiger partial charge in [-0.25, -0.2) is 0 Å². The molecule has 1 heterocycles. The first-order valence-electron chi connectivity index (χ1n) is 6.96. The van der Waals surface area contributed by atoms with Crippen LogP contribution < -0.4 is 11.1 Å². The lowest BCUT2D eigenvalue weighted by Crippen LogP contribution is -2.49. The van der Waals surface area contributed by atoms with Crippen molar-refractivity contribution in [3.63, 3.8) is 0 Å². The number of aryl methyl sites for hydroxylation is 1. The maximum absolute atomic E-state index is 12.1. The Balaban J connectivity index is 1.94. The zero-order valence-electron chi connectivity index (χ0n) is 11.8. The van der Waals surface area contributed by atoms with Crippen LogP contribution in [-0.2, 0) is 4.79 Å². The summed E-state index contributed by atoms with van der Waals surface area (Å²) in [7, 11) is 0. The number of carbonyl (C=O) groups is 1. The second-order valence-corrected chi connectivity index (χ2v) is 5.77. The highest BCUT2D eigenvalue weighted by molar-refractivity contribution is 7.80. The van der Waals surface area contributed by atoms with Crippen molar-refractivity contribution in [3.8, 4) is 0 Å². The Morgan fingerprint density at radius 2 is 2.30 bits per heavy atom. The lowest BCUT2D eigenvalue weighted by atomic mass is 10.0. The van der Waals surface area contributed by atoms with Crippen LogP contribution in [0.2, 0.25) is 0 Å². The van der Waals surface area contributed by atoms with E-state index in [0.717, 1.165) is 37.1 Å². The average molecular weight is 291 g/mol. The van der Waals surface area contributed by atoms with Gasteiger partial charge in [0.1, 0.15) is 0 Å². The first kappa shape index (κ1) is 14.9. The van der Waals surface area contributed by atoms with E-state index >= 15 is 0 Å². The maximum atomic E-state index is 12.1. The van der Waals surface area contributed by atoms with Gasteiger partial charge in [0.15, 0.2) is 0 Å². The van der Waals surface area contributed by atoms with Gasteiger partial charge in [-0.2, -0.15) is 0 Å². The van der Waals surface area contributed by atoms with Crippen LogP contribution in [0.25, 0.3) is 0 Å². The van der Waals surface area contributed by atoms with Crippen molar-refractivity contribution in [1.29, 1.82) is 0 Å². The van der Waals surface area contributed by atoms with E-state index in [1.807, 2.05) is 31.2 Å². The van der Waals surface area contributed by atoms with Crippen LogP contribution in [0, 0.1) is 6.92 Å². The first-order chi connectivity index (χ1) is 9.56. The monoisotopic (exact) mass is 291 g/mol. The van der Waals surface area contributed by atoms with Gasteiger partial charge < -0.3 is 11.1 Å². The Kier molecular flexibility index (Phi) is 5.09. The number of carbonyl (C=O) groups excluding carboxylic acids is 1. The Labute approximate surface area is 125 Å². The van der Waals surface area contributed by atoms with Gasteiger partial charge in [-0.05, 0) is 44.0 Å². The number of nitrogens with one attached hydrogen (secondary N) is 1. The molecule has 4 nitrogen and oxygen atoms in total. The fraction of sp³-hybridized carbons (Fsp3) is 0.467. The molecule has 0 saturated carbocycles. The van der Waals surface area contributed by atoms with Crippen molar-refractivity contribution in [3.05, 3.63) is 29.8 Å². The number of hydrogen-bond acceptors (Lipinski definition) is 3. The van der Waals surface area contributed by atoms with Crippen LogP contribution in [0.1, 0.15) is 24.8 Å². The predicted octanol–water partition coefficient (Wildman–Crippen LogP) is 2.07. The van der Waals surface area contributed by atoms with Crippen molar-refractivity contribution >= 4 is 28.8 Å². The van der Waals surface area contributed by atoms with Crippen LogP contribution in [0.5, 0.6) is 0 Å². The summed E-state index contributed by atoms with van der Waals surface area (Å²) in [6.07, 6.45) is 3.17. The Bertz CT molecular complexity index is 504. The molecule has 0 aliphatic carbocycles. The molecular weight excluding hydrogens is 270 g/mol. The third-order valence-corrected chi connectivity index (χ3v) is 3.86. The van der Waals surface area contributed by atoms with Crippen molar-refractivity contribution in [2.24, 2.45) is 5.73 Å². The smallest absolute Gasteiger partial charge is 0.238 e. The molecule has 1 amide bonds. The van der Waals surface area contributed by atoms with Gasteiger partial charge in [-0.15, -0.1) is 0 Å². The van der Waals surface area contributed by atoms with E-state index in [-0.39, 0.29) is 11.9 Å². The molecule has 1 saturated heterocycles. The molecule has 5 heteroatoms. The molecular formula is C15H21N3OS. The largest absolute Gasteiger partial charge is 0.392 e. The van der Waals surface area contributed by atoms with Gasteiger partial charge in [0.2, 0.25) is 5.91 Å². The molecule has 2 rings (SSSR count). The second-order valence-electron chi connectivity index (χ2n) is 5.30. The molecule has 1 aromatic carbocycles. The fourth-order valence-electron chi connectivity index (χ4n) is 2.61. The highest BCUT2D eigenvalue weighted by Crippen LogP contribution is 2.17. The lowest BCUT2D eigenvalue weighted by Gasteiger charge is -2.34. The summed E-state index contributed by atoms with van der Waals surface area (Å²) in [5.41, 5.74) is 7.72. The topological polar surface area (TPSA) is 58.4 Å². The third kappa shape index (κ3) is 4.02. The molecule has 1 unspecified atom stereocenters. The number of anilines is 1. The minimum atomic E-state index is -0.0150. The van der Waals surface area contributed by atoms with E-state index in [0.29, 0.717) is 11.5 Å². The van der Waals surface area contributed by atoms with E-state index in [1.54, 1.807) is 0 Å². The zero-order valence-corrected chi connectivity index (χ0v) is 12.6.